The lowest BCUT2D eigenvalue weighted by Crippen LogP contribution is -2.36. The second-order valence-electron chi connectivity index (χ2n) is 4.33. The second-order valence-corrected chi connectivity index (χ2v) is 4.33. The number of rotatable bonds is 5. The third kappa shape index (κ3) is 7.61. The molecule has 0 aromatic rings. The van der Waals surface area contributed by atoms with Crippen LogP contribution in [0.2, 0.25) is 0 Å². The van der Waals surface area contributed by atoms with E-state index in [0.717, 1.165) is 11.0 Å². The first kappa shape index (κ1) is 11.5. The molecular weight excluding hydrogens is 148 g/mol. The topological polar surface area (TPSA) is 3.24 Å². The molecule has 0 aliphatic carbocycles. The molecule has 0 bridgehead atoms. The van der Waals surface area contributed by atoms with Crippen molar-refractivity contribution in [3.05, 3.63) is 12.3 Å². The van der Waals surface area contributed by atoms with E-state index < -0.39 is 0 Å². The molecular formula is C10H23N2+. The summed E-state index contributed by atoms with van der Waals surface area (Å²) in [6.07, 6.45) is 5.45. The van der Waals surface area contributed by atoms with Crippen molar-refractivity contribution in [1.82, 2.24) is 4.90 Å². The lowest BCUT2D eigenvalue weighted by atomic mass is 10.3. The van der Waals surface area contributed by atoms with Crippen LogP contribution < -0.4 is 0 Å². The minimum atomic E-state index is 1.06. The number of nitrogens with zero attached hydrogens (tertiary/aromatic N) is 2. The molecule has 0 amide bonds. The van der Waals surface area contributed by atoms with Crippen LogP contribution in [0.25, 0.3) is 0 Å². The molecule has 0 rings (SSSR count). The van der Waals surface area contributed by atoms with Gasteiger partial charge in [0.2, 0.25) is 0 Å². The van der Waals surface area contributed by atoms with Crippen molar-refractivity contribution in [3.8, 4) is 0 Å². The number of hydrogen-bond acceptors (Lipinski definition) is 1. The van der Waals surface area contributed by atoms with Gasteiger partial charge in [-0.3, -0.25) is 0 Å². The molecule has 2 heteroatoms. The third-order valence-electron chi connectivity index (χ3n) is 1.74. The highest BCUT2D eigenvalue weighted by Crippen LogP contribution is 1.95. The molecule has 0 saturated heterocycles. The van der Waals surface area contributed by atoms with Crippen LogP contribution in [0.5, 0.6) is 0 Å². The van der Waals surface area contributed by atoms with Gasteiger partial charge in [-0.05, 0) is 13.1 Å². The summed E-state index contributed by atoms with van der Waals surface area (Å²) in [6.45, 7) is 4.44. The highest BCUT2D eigenvalue weighted by molar-refractivity contribution is 4.75. The van der Waals surface area contributed by atoms with Crippen molar-refractivity contribution in [2.75, 3.05) is 41.3 Å². The Bertz CT molecular complexity index is 133. The van der Waals surface area contributed by atoms with Crippen LogP contribution in [0.3, 0.4) is 0 Å². The molecule has 0 N–H and O–H groups in total. The van der Waals surface area contributed by atoms with Gasteiger partial charge in [0.1, 0.15) is 0 Å². The first-order valence-corrected chi connectivity index (χ1v) is 4.59. The summed E-state index contributed by atoms with van der Waals surface area (Å²) in [5, 5.41) is 0. The highest BCUT2D eigenvalue weighted by Gasteiger charge is 2.05. The van der Waals surface area contributed by atoms with Crippen molar-refractivity contribution in [2.24, 2.45) is 0 Å². The van der Waals surface area contributed by atoms with Crippen LogP contribution in [0, 0.1) is 0 Å². The first-order valence-electron chi connectivity index (χ1n) is 4.59. The fraction of sp³-hybridized carbons (Fsp3) is 0.800. The zero-order chi connectivity index (χ0) is 9.61. The Morgan fingerprint density at radius 3 is 2.25 bits per heavy atom. The Labute approximate surface area is 77.1 Å². The van der Waals surface area contributed by atoms with Crippen LogP contribution in [0.4, 0.5) is 0 Å². The minimum absolute atomic E-state index is 1.06. The SMILES string of the molecule is CC=CN(C)CCC[N+](C)(C)C. The maximum Gasteiger partial charge on any atom is 0.0797 e. The van der Waals surface area contributed by atoms with E-state index in [0.29, 0.717) is 0 Å². The molecule has 72 valence electrons. The number of hydrogen-bond donors (Lipinski definition) is 0. The van der Waals surface area contributed by atoms with Crippen molar-refractivity contribution >= 4 is 0 Å². The smallest absolute Gasteiger partial charge is 0.0797 e. The van der Waals surface area contributed by atoms with Gasteiger partial charge in [0.25, 0.3) is 0 Å². The predicted molar refractivity (Wildman–Crippen MR) is 55.0 cm³/mol. The fourth-order valence-electron chi connectivity index (χ4n) is 1.12. The summed E-state index contributed by atoms with van der Waals surface area (Å²) in [7, 11) is 8.82. The summed E-state index contributed by atoms with van der Waals surface area (Å²) in [5.74, 6) is 0. The monoisotopic (exact) mass is 171 g/mol. The molecule has 0 spiro atoms. The van der Waals surface area contributed by atoms with Gasteiger partial charge >= 0.3 is 0 Å². The lowest BCUT2D eigenvalue weighted by molar-refractivity contribution is -0.870. The van der Waals surface area contributed by atoms with Crippen molar-refractivity contribution in [3.63, 3.8) is 0 Å². The molecule has 12 heavy (non-hydrogen) atoms. The molecule has 0 aliphatic rings. The van der Waals surface area contributed by atoms with Crippen molar-refractivity contribution < 1.29 is 4.48 Å². The summed E-state index contributed by atoms with van der Waals surface area (Å²) >= 11 is 0. The minimum Gasteiger partial charge on any atom is -0.380 e. The van der Waals surface area contributed by atoms with E-state index >= 15 is 0 Å². The van der Waals surface area contributed by atoms with Gasteiger partial charge in [0.05, 0.1) is 27.7 Å². The molecule has 0 heterocycles. The number of quaternary nitrogens is 1. The summed E-state index contributed by atoms with van der Waals surface area (Å²) in [6, 6.07) is 0. The quantitative estimate of drug-likeness (QED) is 0.567. The van der Waals surface area contributed by atoms with Crippen molar-refractivity contribution in [2.45, 2.75) is 13.3 Å². The predicted octanol–water partition coefficient (Wildman–Crippen LogP) is 1.55. The fourth-order valence-corrected chi connectivity index (χ4v) is 1.12. The first-order chi connectivity index (χ1) is 5.45. The van der Waals surface area contributed by atoms with Crippen LogP contribution in [-0.2, 0) is 0 Å². The molecule has 0 unspecified atom stereocenters. The van der Waals surface area contributed by atoms with Gasteiger partial charge in [-0.2, -0.15) is 0 Å². The van der Waals surface area contributed by atoms with Gasteiger partial charge in [-0.25, -0.2) is 0 Å². The van der Waals surface area contributed by atoms with E-state index in [1.54, 1.807) is 0 Å². The summed E-state index contributed by atoms with van der Waals surface area (Å²) < 4.78 is 1.06. The van der Waals surface area contributed by atoms with Gasteiger partial charge in [-0.15, -0.1) is 0 Å². The largest absolute Gasteiger partial charge is 0.380 e. The van der Waals surface area contributed by atoms with Gasteiger partial charge in [0.15, 0.2) is 0 Å². The standard InChI is InChI=1S/C10H23N2/c1-6-8-11(2)9-7-10-12(3,4)5/h6,8H,7,9-10H2,1-5H3/q+1. The zero-order valence-electron chi connectivity index (χ0n) is 9.17. The average Bonchev–Trinajstić information content (AvgIpc) is 1.84. The van der Waals surface area contributed by atoms with Crippen molar-refractivity contribution in [1.29, 1.82) is 0 Å². The Morgan fingerprint density at radius 2 is 1.83 bits per heavy atom. The Kier molecular flexibility index (Phi) is 4.98. The molecule has 0 fully saturated rings. The van der Waals surface area contributed by atoms with Crippen LogP contribution >= 0.6 is 0 Å². The lowest BCUT2D eigenvalue weighted by Gasteiger charge is -2.25. The highest BCUT2D eigenvalue weighted by atomic mass is 15.3. The zero-order valence-corrected chi connectivity index (χ0v) is 9.17. The van der Waals surface area contributed by atoms with Crippen LogP contribution in [0.1, 0.15) is 13.3 Å². The van der Waals surface area contributed by atoms with E-state index in [1.165, 1.54) is 13.0 Å². The maximum absolute atomic E-state index is 2.23. The van der Waals surface area contributed by atoms with Gasteiger partial charge < -0.3 is 9.38 Å². The average molecular weight is 171 g/mol. The third-order valence-corrected chi connectivity index (χ3v) is 1.74. The maximum atomic E-state index is 2.23. The molecule has 0 aromatic carbocycles. The van der Waals surface area contributed by atoms with Crippen LogP contribution in [0.15, 0.2) is 12.3 Å². The van der Waals surface area contributed by atoms with E-state index in [2.05, 4.69) is 52.3 Å². The van der Waals surface area contributed by atoms with Gasteiger partial charge in [0, 0.05) is 20.0 Å². The van der Waals surface area contributed by atoms with E-state index in [4.69, 9.17) is 0 Å². The molecule has 0 saturated carbocycles. The summed E-state index contributed by atoms with van der Waals surface area (Å²) in [4.78, 5) is 2.23. The Hall–Kier alpha value is -0.500. The molecule has 0 aliphatic heterocycles. The molecule has 0 aromatic heterocycles. The van der Waals surface area contributed by atoms with Crippen LogP contribution in [-0.4, -0.2) is 50.7 Å². The second kappa shape index (κ2) is 5.20. The Morgan fingerprint density at radius 1 is 1.25 bits per heavy atom. The molecule has 2 nitrogen and oxygen atoms in total. The molecule has 0 radical (unpaired) electrons. The van der Waals surface area contributed by atoms with E-state index in [1.807, 2.05) is 0 Å². The van der Waals surface area contributed by atoms with E-state index in [-0.39, 0.29) is 0 Å². The number of allylic oxidation sites excluding steroid dienone is 1. The van der Waals surface area contributed by atoms with E-state index in [9.17, 15) is 0 Å². The van der Waals surface area contributed by atoms with Gasteiger partial charge in [-0.1, -0.05) is 6.08 Å². The normalized spacial score (nSPS) is 12.4. The Balaban J connectivity index is 3.43. The molecule has 0 atom stereocenters. The summed E-state index contributed by atoms with van der Waals surface area (Å²) in [5.41, 5.74) is 0.